The maximum absolute atomic E-state index is 9.01. The third kappa shape index (κ3) is 8.00. The van der Waals surface area contributed by atoms with Crippen molar-refractivity contribution in [1.82, 2.24) is 0 Å². The molecule has 0 bridgehead atoms. The lowest BCUT2D eigenvalue weighted by Gasteiger charge is -2.26. The van der Waals surface area contributed by atoms with Gasteiger partial charge >= 0.3 is 0 Å². The molecule has 71 heavy (non-hydrogen) atoms. The standard InChI is InChI=1S/C70H47N/c1-2-15-53-44-58(30-29-48(53)13-1)57-21-9-18-54(43-57)49-31-37-62(38-32-49)71(63-39-33-50(34-40-63)55-19-10-22-59(45-55)66-28-12-17-52-14-3-5-24-65(52)66)64-41-35-51(36-42-64)56-20-11-23-60(46-56)70-47-61-16-4-6-25-67(61)68-26-7-8-27-69(68)70/h1-47H/i9T,10T,11T. The molecule has 0 fully saturated rings. The van der Waals surface area contributed by atoms with E-state index in [1.807, 2.05) is 36.4 Å². The summed E-state index contributed by atoms with van der Waals surface area (Å²) >= 11 is 0. The zero-order valence-corrected chi connectivity index (χ0v) is 38.9. The maximum atomic E-state index is 9.01. The second-order valence-electron chi connectivity index (χ2n) is 18.3. The maximum Gasteiger partial charge on any atom is 0.0623 e. The van der Waals surface area contributed by atoms with Crippen LogP contribution in [0.1, 0.15) is 4.11 Å². The van der Waals surface area contributed by atoms with Gasteiger partial charge in [-0.05, 0) is 177 Å². The van der Waals surface area contributed by atoms with E-state index in [9.17, 15) is 0 Å². The van der Waals surface area contributed by atoms with Crippen molar-refractivity contribution in [2.75, 3.05) is 4.90 Å². The number of anilines is 3. The van der Waals surface area contributed by atoms with Crippen LogP contribution in [0.3, 0.4) is 0 Å². The number of hydrogen-bond acceptors (Lipinski definition) is 1. The van der Waals surface area contributed by atoms with E-state index in [0.717, 1.165) is 83.8 Å². The van der Waals surface area contributed by atoms with Crippen molar-refractivity contribution in [2.24, 2.45) is 0 Å². The first-order valence-corrected chi connectivity index (χ1v) is 24.2. The molecule has 0 aromatic heterocycles. The Labute approximate surface area is 419 Å². The summed E-state index contributed by atoms with van der Waals surface area (Å²) in [6.45, 7) is 0. The lowest BCUT2D eigenvalue weighted by molar-refractivity contribution is 1.28. The molecule has 0 saturated carbocycles. The first kappa shape index (κ1) is 38.6. The summed E-state index contributed by atoms with van der Waals surface area (Å²) in [5, 5.41) is 9.47. The van der Waals surface area contributed by atoms with E-state index < -0.39 is 0 Å². The number of hydrogen-bond donors (Lipinski definition) is 0. The average Bonchev–Trinajstić information content (AvgIpc) is 3.45. The largest absolute Gasteiger partial charge is 0.311 e. The van der Waals surface area contributed by atoms with Gasteiger partial charge in [0.15, 0.2) is 0 Å². The average molecular weight is 908 g/mol. The van der Waals surface area contributed by atoms with Crippen LogP contribution in [0.2, 0.25) is 0 Å². The number of nitrogens with zero attached hydrogens (tertiary/aromatic N) is 1. The molecule has 13 aromatic carbocycles. The van der Waals surface area contributed by atoms with E-state index in [4.69, 9.17) is 4.11 Å². The van der Waals surface area contributed by atoms with Gasteiger partial charge in [0.1, 0.15) is 0 Å². The normalized spacial score (nSPS) is 12.0. The predicted octanol–water partition coefficient (Wildman–Crippen LogP) is 19.8. The van der Waals surface area contributed by atoms with Gasteiger partial charge in [0.05, 0.1) is 4.11 Å². The second-order valence-corrected chi connectivity index (χ2v) is 18.3. The van der Waals surface area contributed by atoms with Gasteiger partial charge in [0.2, 0.25) is 0 Å². The minimum atomic E-state index is 0.459. The summed E-state index contributed by atoms with van der Waals surface area (Å²) in [7, 11) is 0. The van der Waals surface area contributed by atoms with Crippen LogP contribution in [0.25, 0.3) is 110 Å². The molecule has 0 aliphatic heterocycles. The quantitative estimate of drug-likeness (QED) is 0.130. The second kappa shape index (κ2) is 18.0. The Hall–Kier alpha value is -9.30. The van der Waals surface area contributed by atoms with Gasteiger partial charge in [0.25, 0.3) is 0 Å². The highest BCUT2D eigenvalue weighted by atomic mass is 15.1. The van der Waals surface area contributed by atoms with E-state index in [0.29, 0.717) is 18.1 Å². The number of fused-ring (bicyclic) bond motifs is 5. The highest BCUT2D eigenvalue weighted by molar-refractivity contribution is 6.14. The minimum absolute atomic E-state index is 0.459. The summed E-state index contributed by atoms with van der Waals surface area (Å²) in [4.78, 5) is 2.27. The zero-order valence-electron chi connectivity index (χ0n) is 41.9. The van der Waals surface area contributed by atoms with Crippen LogP contribution < -0.4 is 4.90 Å². The molecule has 0 aliphatic carbocycles. The van der Waals surface area contributed by atoms with Crippen LogP contribution in [-0.2, 0) is 0 Å². The Balaban J connectivity index is 0.873. The Morgan fingerprint density at radius 3 is 1.20 bits per heavy atom. The third-order valence-electron chi connectivity index (χ3n) is 14.0. The molecule has 1 nitrogen and oxygen atoms in total. The summed E-state index contributed by atoms with van der Waals surface area (Å²) < 4.78 is 26.7. The third-order valence-corrected chi connectivity index (χ3v) is 14.0. The van der Waals surface area contributed by atoms with Gasteiger partial charge in [-0.3, -0.25) is 0 Å². The lowest BCUT2D eigenvalue weighted by atomic mass is 9.92. The Kier molecular flexibility index (Phi) is 9.78. The SMILES string of the molecule is [3H]c1cc(-c2ccc(N(c3ccc(-c4cc([3H])cc(-c5cccc6ccccc56)c4)cc3)c3ccc(-c4cc([3H])cc(-c5cc6ccccc6c6ccccc56)c4)cc3)cc2)cc(-c2ccc3ccccc3c2)c1. The molecule has 0 amide bonds. The zero-order chi connectivity index (χ0) is 49.7. The van der Waals surface area contributed by atoms with Crippen LogP contribution in [0.4, 0.5) is 17.1 Å². The minimum Gasteiger partial charge on any atom is -0.311 e. The highest BCUT2D eigenvalue weighted by Gasteiger charge is 2.16. The molecule has 0 atom stereocenters. The molecule has 0 unspecified atom stereocenters. The fourth-order valence-electron chi connectivity index (χ4n) is 10.4. The van der Waals surface area contributed by atoms with Gasteiger partial charge in [-0.15, -0.1) is 0 Å². The molecule has 0 heterocycles. The Bertz CT molecular complexity index is 4270. The summed E-state index contributed by atoms with van der Waals surface area (Å²) in [6, 6.07) is 94.5. The Morgan fingerprint density at radius 2 is 0.606 bits per heavy atom. The molecule has 0 N–H and O–H groups in total. The van der Waals surface area contributed by atoms with Crippen LogP contribution in [0, 0.1) is 0 Å². The van der Waals surface area contributed by atoms with Crippen molar-refractivity contribution in [1.29, 1.82) is 0 Å². The fraction of sp³-hybridized carbons (Fsp3) is 0. The molecule has 332 valence electrons. The summed E-state index contributed by atoms with van der Waals surface area (Å²) in [5.74, 6) is 0. The first-order valence-electron chi connectivity index (χ1n) is 25.7. The van der Waals surface area contributed by atoms with E-state index in [-0.39, 0.29) is 0 Å². The molecule has 0 spiro atoms. The Morgan fingerprint density at radius 1 is 0.211 bits per heavy atom. The molecule has 1 heteroatoms. The fourth-order valence-corrected chi connectivity index (χ4v) is 10.4. The summed E-state index contributed by atoms with van der Waals surface area (Å²) in [6.07, 6.45) is 0. The van der Waals surface area contributed by atoms with Crippen molar-refractivity contribution < 1.29 is 4.11 Å². The van der Waals surface area contributed by atoms with Gasteiger partial charge in [-0.2, -0.15) is 0 Å². The van der Waals surface area contributed by atoms with Gasteiger partial charge in [-0.25, -0.2) is 0 Å². The molecule has 0 radical (unpaired) electrons. The number of benzene rings is 13. The van der Waals surface area contributed by atoms with Crippen molar-refractivity contribution in [3.63, 3.8) is 0 Å². The van der Waals surface area contributed by atoms with E-state index in [1.165, 1.54) is 43.1 Å². The lowest BCUT2D eigenvalue weighted by Crippen LogP contribution is -2.09. The first-order chi connectivity index (χ1) is 36.3. The van der Waals surface area contributed by atoms with Crippen LogP contribution in [-0.4, -0.2) is 0 Å². The molecular weight excluding hydrogens is 855 g/mol. The molecule has 13 aromatic rings. The molecule has 13 rings (SSSR count). The predicted molar refractivity (Wildman–Crippen MR) is 304 cm³/mol. The monoisotopic (exact) mass is 907 g/mol. The highest BCUT2D eigenvalue weighted by Crippen LogP contribution is 2.41. The van der Waals surface area contributed by atoms with Crippen molar-refractivity contribution >= 4 is 60.2 Å². The van der Waals surface area contributed by atoms with Crippen LogP contribution >= 0.6 is 0 Å². The molecular formula is C70H47N. The van der Waals surface area contributed by atoms with E-state index in [1.54, 1.807) is 0 Å². The number of rotatable bonds is 9. The molecule has 0 aliphatic rings. The van der Waals surface area contributed by atoms with Crippen molar-refractivity contribution in [2.45, 2.75) is 0 Å². The van der Waals surface area contributed by atoms with Crippen LogP contribution in [0.5, 0.6) is 0 Å². The van der Waals surface area contributed by atoms with E-state index >= 15 is 0 Å². The van der Waals surface area contributed by atoms with E-state index in [2.05, 4.69) is 235 Å². The van der Waals surface area contributed by atoms with Crippen molar-refractivity contribution in [3.05, 3.63) is 285 Å². The topological polar surface area (TPSA) is 3.24 Å². The van der Waals surface area contributed by atoms with Gasteiger partial charge in [0, 0.05) is 17.1 Å². The molecule has 0 saturated heterocycles. The van der Waals surface area contributed by atoms with Crippen LogP contribution in [0.15, 0.2) is 285 Å². The van der Waals surface area contributed by atoms with Gasteiger partial charge in [-0.1, -0.05) is 218 Å². The van der Waals surface area contributed by atoms with Gasteiger partial charge < -0.3 is 4.90 Å². The smallest absolute Gasteiger partial charge is 0.0623 e. The van der Waals surface area contributed by atoms with Crippen molar-refractivity contribution in [3.8, 4) is 66.8 Å². The summed E-state index contributed by atoms with van der Waals surface area (Å²) in [5.41, 5.74) is 15.3.